The predicted octanol–water partition coefficient (Wildman–Crippen LogP) is 6.65. The molecule has 0 spiro atoms. The van der Waals surface area contributed by atoms with Crippen molar-refractivity contribution in [1.29, 1.82) is 0 Å². The number of benzene rings is 1. The summed E-state index contributed by atoms with van der Waals surface area (Å²) in [5.74, 6) is 0.738. The minimum absolute atomic E-state index is 0.445. The van der Waals surface area contributed by atoms with Crippen LogP contribution in [0.2, 0.25) is 0 Å². The molecule has 0 bridgehead atoms. The van der Waals surface area contributed by atoms with E-state index in [1.54, 1.807) is 18.5 Å². The Bertz CT molecular complexity index is 1130. The Morgan fingerprint density at radius 2 is 1.94 bits per heavy atom. The van der Waals surface area contributed by atoms with Crippen LogP contribution >= 0.6 is 0 Å². The number of hydrogen-bond donors (Lipinski definition) is 1. The summed E-state index contributed by atoms with van der Waals surface area (Å²) in [4.78, 5) is 9.99. The maximum Gasteiger partial charge on any atom is 0.416 e. The zero-order valence-corrected chi connectivity index (χ0v) is 18.0. The first-order valence-electron chi connectivity index (χ1n) is 11.2. The summed E-state index contributed by atoms with van der Waals surface area (Å²) in [6, 6.07) is 9.82. The molecule has 1 fully saturated rings. The molecule has 0 radical (unpaired) electrons. The summed E-state index contributed by atoms with van der Waals surface area (Å²) in [6.07, 6.45) is 6.71. The van der Waals surface area contributed by atoms with Crippen molar-refractivity contribution in [3.05, 3.63) is 72.2 Å². The fourth-order valence-electron chi connectivity index (χ4n) is 5.14. The van der Waals surface area contributed by atoms with Gasteiger partial charge < -0.3 is 4.98 Å². The number of pyridine rings is 1. The standard InChI is InChI=1S/C26H26F3N3/c1-2-17-12-22-14-19(8-11-32(22)16-17)23-15-31-25(24(23)18-6-9-30-10-7-18)20-4-3-5-21(13-20)26(27,28)29/h3-7,9-10,13-15,17,22,31H,2,8,11-12,16H2,1H3. The molecule has 0 aliphatic carbocycles. The highest BCUT2D eigenvalue weighted by Crippen LogP contribution is 2.42. The molecule has 2 aromatic heterocycles. The van der Waals surface area contributed by atoms with Crippen molar-refractivity contribution < 1.29 is 13.2 Å². The lowest BCUT2D eigenvalue weighted by atomic mass is 9.90. The van der Waals surface area contributed by atoms with Crippen LogP contribution in [-0.4, -0.2) is 34.0 Å². The fourth-order valence-corrected chi connectivity index (χ4v) is 5.14. The molecular weight excluding hydrogens is 411 g/mol. The normalized spacial score (nSPS) is 21.4. The second-order valence-corrected chi connectivity index (χ2v) is 8.78. The first-order chi connectivity index (χ1) is 15.4. The molecule has 2 aliphatic rings. The maximum absolute atomic E-state index is 13.4. The molecule has 4 heterocycles. The van der Waals surface area contributed by atoms with Gasteiger partial charge in [-0.15, -0.1) is 0 Å². The highest BCUT2D eigenvalue weighted by atomic mass is 19.4. The van der Waals surface area contributed by atoms with Gasteiger partial charge in [-0.2, -0.15) is 13.2 Å². The molecule has 1 N–H and O–H groups in total. The second kappa shape index (κ2) is 8.24. The molecular formula is C26H26F3N3. The highest BCUT2D eigenvalue weighted by molar-refractivity contribution is 5.91. The highest BCUT2D eigenvalue weighted by Gasteiger charge is 2.34. The van der Waals surface area contributed by atoms with Gasteiger partial charge in [0.05, 0.1) is 11.3 Å². The number of nitrogens with zero attached hydrogens (tertiary/aromatic N) is 2. The number of nitrogens with one attached hydrogen (secondary N) is 1. The molecule has 166 valence electrons. The molecule has 0 saturated carbocycles. The van der Waals surface area contributed by atoms with Gasteiger partial charge in [-0.05, 0) is 59.7 Å². The van der Waals surface area contributed by atoms with Crippen LogP contribution in [0.4, 0.5) is 13.2 Å². The van der Waals surface area contributed by atoms with Crippen molar-refractivity contribution in [2.45, 2.75) is 38.4 Å². The first-order valence-corrected chi connectivity index (χ1v) is 11.2. The maximum atomic E-state index is 13.4. The predicted molar refractivity (Wildman–Crippen MR) is 121 cm³/mol. The molecule has 5 rings (SSSR count). The van der Waals surface area contributed by atoms with Crippen molar-refractivity contribution in [3.63, 3.8) is 0 Å². The third-order valence-electron chi connectivity index (χ3n) is 6.85. The second-order valence-electron chi connectivity index (χ2n) is 8.78. The third kappa shape index (κ3) is 3.88. The number of hydrogen-bond acceptors (Lipinski definition) is 2. The first kappa shape index (κ1) is 21.0. The number of rotatable bonds is 4. The molecule has 6 heteroatoms. The van der Waals surface area contributed by atoms with E-state index >= 15 is 0 Å². The lowest BCUT2D eigenvalue weighted by Crippen LogP contribution is -2.32. The van der Waals surface area contributed by atoms with Crippen molar-refractivity contribution in [2.24, 2.45) is 5.92 Å². The van der Waals surface area contributed by atoms with Gasteiger partial charge in [-0.3, -0.25) is 9.88 Å². The zero-order valence-electron chi connectivity index (χ0n) is 18.0. The van der Waals surface area contributed by atoms with Gasteiger partial charge in [0.2, 0.25) is 0 Å². The van der Waals surface area contributed by atoms with Crippen molar-refractivity contribution >= 4 is 5.57 Å². The Hall–Kier alpha value is -2.86. The lowest BCUT2D eigenvalue weighted by molar-refractivity contribution is -0.137. The third-order valence-corrected chi connectivity index (χ3v) is 6.85. The van der Waals surface area contributed by atoms with Gasteiger partial charge in [0.1, 0.15) is 0 Å². The van der Waals surface area contributed by atoms with Crippen LogP contribution in [0.3, 0.4) is 0 Å². The molecule has 0 amide bonds. The number of halogens is 3. The summed E-state index contributed by atoms with van der Waals surface area (Å²) in [7, 11) is 0. The van der Waals surface area contributed by atoms with E-state index in [1.807, 2.05) is 18.3 Å². The van der Waals surface area contributed by atoms with E-state index in [1.165, 1.54) is 30.5 Å². The van der Waals surface area contributed by atoms with Gasteiger partial charge in [-0.25, -0.2) is 0 Å². The number of fused-ring (bicyclic) bond motifs is 1. The van der Waals surface area contributed by atoms with Gasteiger partial charge in [0.15, 0.2) is 0 Å². The molecule has 2 unspecified atom stereocenters. The van der Waals surface area contributed by atoms with E-state index in [-0.39, 0.29) is 0 Å². The summed E-state index contributed by atoms with van der Waals surface area (Å²) >= 11 is 0. The zero-order chi connectivity index (χ0) is 22.3. The quantitative estimate of drug-likeness (QED) is 0.496. The molecule has 3 aromatic rings. The van der Waals surface area contributed by atoms with E-state index < -0.39 is 11.7 Å². The van der Waals surface area contributed by atoms with Crippen LogP contribution < -0.4 is 0 Å². The molecule has 2 atom stereocenters. The monoisotopic (exact) mass is 437 g/mol. The number of aromatic amines is 1. The van der Waals surface area contributed by atoms with E-state index in [4.69, 9.17) is 0 Å². The average Bonchev–Trinajstić information content (AvgIpc) is 3.43. The van der Waals surface area contributed by atoms with Gasteiger partial charge in [0.25, 0.3) is 0 Å². The van der Waals surface area contributed by atoms with Gasteiger partial charge in [0, 0.05) is 48.8 Å². The lowest BCUT2D eigenvalue weighted by Gasteiger charge is -2.28. The van der Waals surface area contributed by atoms with E-state index in [0.29, 0.717) is 17.3 Å². The smallest absolute Gasteiger partial charge is 0.360 e. The van der Waals surface area contributed by atoms with E-state index in [9.17, 15) is 13.2 Å². The average molecular weight is 438 g/mol. The van der Waals surface area contributed by atoms with Crippen LogP contribution in [0.15, 0.2) is 61.1 Å². The Kier molecular flexibility index (Phi) is 5.41. The van der Waals surface area contributed by atoms with Crippen LogP contribution in [0, 0.1) is 5.92 Å². The minimum Gasteiger partial charge on any atom is -0.360 e. The Labute approximate surface area is 186 Å². The Balaban J connectivity index is 1.61. The van der Waals surface area contributed by atoms with E-state index in [2.05, 4.69) is 27.9 Å². The van der Waals surface area contributed by atoms with Crippen molar-refractivity contribution in [2.75, 3.05) is 13.1 Å². The van der Waals surface area contributed by atoms with Crippen LogP contribution in [0.5, 0.6) is 0 Å². The summed E-state index contributed by atoms with van der Waals surface area (Å²) in [5.41, 5.74) is 4.83. The van der Waals surface area contributed by atoms with Gasteiger partial charge >= 0.3 is 6.18 Å². The van der Waals surface area contributed by atoms with E-state index in [0.717, 1.165) is 48.2 Å². The van der Waals surface area contributed by atoms with Crippen LogP contribution in [0.25, 0.3) is 28.0 Å². The summed E-state index contributed by atoms with van der Waals surface area (Å²) < 4.78 is 40.1. The number of H-pyrrole nitrogens is 1. The fraction of sp³-hybridized carbons (Fsp3) is 0.346. The van der Waals surface area contributed by atoms with Crippen molar-refractivity contribution in [1.82, 2.24) is 14.9 Å². The number of alkyl halides is 3. The number of aromatic nitrogens is 2. The van der Waals surface area contributed by atoms with Crippen molar-refractivity contribution in [3.8, 4) is 22.4 Å². The Morgan fingerprint density at radius 3 is 2.69 bits per heavy atom. The molecule has 32 heavy (non-hydrogen) atoms. The summed E-state index contributed by atoms with van der Waals surface area (Å²) in [5, 5.41) is 0. The Morgan fingerprint density at radius 1 is 1.12 bits per heavy atom. The largest absolute Gasteiger partial charge is 0.416 e. The minimum atomic E-state index is -4.38. The summed E-state index contributed by atoms with van der Waals surface area (Å²) in [6.45, 7) is 4.43. The molecule has 3 nitrogen and oxygen atoms in total. The van der Waals surface area contributed by atoms with Gasteiger partial charge in [-0.1, -0.05) is 31.6 Å². The SMILES string of the molecule is CCC1CC2C=C(c3c[nH]c(-c4cccc(C(F)(F)F)c4)c3-c3ccncc3)CCN2C1. The topological polar surface area (TPSA) is 31.9 Å². The molecule has 1 aromatic carbocycles. The van der Waals surface area contributed by atoms with Crippen LogP contribution in [-0.2, 0) is 6.18 Å². The molecule has 1 saturated heterocycles. The van der Waals surface area contributed by atoms with Crippen LogP contribution in [0.1, 0.15) is 37.3 Å². The molecule has 2 aliphatic heterocycles.